The first-order valence-electron chi connectivity index (χ1n) is 10.4. The molecule has 1 N–H and O–H groups in total. The summed E-state index contributed by atoms with van der Waals surface area (Å²) in [6.07, 6.45) is 3.44. The number of carbonyl (C=O) groups is 1. The van der Waals surface area contributed by atoms with Gasteiger partial charge in [0.1, 0.15) is 17.9 Å². The van der Waals surface area contributed by atoms with Crippen molar-refractivity contribution in [1.29, 1.82) is 0 Å². The molecule has 0 saturated carbocycles. The van der Waals surface area contributed by atoms with Crippen LogP contribution in [0.1, 0.15) is 41.6 Å². The van der Waals surface area contributed by atoms with Gasteiger partial charge < -0.3 is 14.3 Å². The van der Waals surface area contributed by atoms with E-state index in [9.17, 15) is 9.90 Å². The summed E-state index contributed by atoms with van der Waals surface area (Å²) in [5, 5.41) is 12.3. The molecule has 0 spiro atoms. The second-order valence-electron chi connectivity index (χ2n) is 8.63. The van der Waals surface area contributed by atoms with Gasteiger partial charge in [0.15, 0.2) is 5.78 Å². The smallest absolute Gasteiger partial charge is 0.163 e. The summed E-state index contributed by atoms with van der Waals surface area (Å²) in [5.74, 6) is 1.24. The predicted octanol–water partition coefficient (Wildman–Crippen LogP) is 4.44. The predicted molar refractivity (Wildman–Crippen MR) is 114 cm³/mol. The molecule has 2 bridgehead atoms. The molecule has 0 aromatic heterocycles. The number of fused-ring (bicyclic) bond motifs is 3. The van der Waals surface area contributed by atoms with Crippen LogP contribution in [0.2, 0.25) is 5.02 Å². The summed E-state index contributed by atoms with van der Waals surface area (Å²) in [6.45, 7) is 3.86. The van der Waals surface area contributed by atoms with E-state index in [-0.39, 0.29) is 5.78 Å². The molecule has 2 aromatic carbocycles. The summed E-state index contributed by atoms with van der Waals surface area (Å²) in [4.78, 5) is 12.6. The number of piperidine rings is 3. The van der Waals surface area contributed by atoms with E-state index in [1.54, 1.807) is 7.11 Å². The van der Waals surface area contributed by atoms with E-state index in [4.69, 9.17) is 16.3 Å². The highest BCUT2D eigenvalue weighted by molar-refractivity contribution is 6.30. The molecular weight excluding hydrogens is 386 g/mol. The second-order valence-corrected chi connectivity index (χ2v) is 9.07. The van der Waals surface area contributed by atoms with Gasteiger partial charge in [-0.1, -0.05) is 23.7 Å². The first kappa shape index (κ1) is 20.4. The van der Waals surface area contributed by atoms with Crippen molar-refractivity contribution in [3.63, 3.8) is 0 Å². The van der Waals surface area contributed by atoms with Crippen LogP contribution in [0.5, 0.6) is 5.75 Å². The van der Waals surface area contributed by atoms with Gasteiger partial charge >= 0.3 is 0 Å². The summed E-state index contributed by atoms with van der Waals surface area (Å²) in [7, 11) is 1.62. The third-order valence-corrected chi connectivity index (χ3v) is 7.20. The molecule has 29 heavy (non-hydrogen) atoms. The standard InChI is InChI=1S/C24H29ClNO3/c1-29-22-10-4-18(5-11-22)23(27)3-2-14-26-15-12-20(13-16-26)24(28,17-26)19-6-8-21(25)9-7-19/h4-11,20,28H,2-3,12-17H2,1H3/q+1. The molecule has 5 rings (SSSR count). The zero-order valence-electron chi connectivity index (χ0n) is 16.9. The molecule has 1 unspecified atom stereocenters. The van der Waals surface area contributed by atoms with Crippen molar-refractivity contribution >= 4 is 17.4 Å². The van der Waals surface area contributed by atoms with Gasteiger partial charge in [0.2, 0.25) is 0 Å². The first-order valence-corrected chi connectivity index (χ1v) is 10.8. The van der Waals surface area contributed by atoms with E-state index in [1.807, 2.05) is 48.5 Å². The van der Waals surface area contributed by atoms with Crippen LogP contribution in [0.3, 0.4) is 0 Å². The Bertz CT molecular complexity index is 857. The lowest BCUT2D eigenvalue weighted by Gasteiger charge is -2.56. The van der Waals surface area contributed by atoms with Gasteiger partial charge in [0, 0.05) is 42.2 Å². The minimum atomic E-state index is -0.791. The van der Waals surface area contributed by atoms with Gasteiger partial charge in [-0.2, -0.15) is 0 Å². The van der Waals surface area contributed by atoms with E-state index in [2.05, 4.69) is 0 Å². The van der Waals surface area contributed by atoms with E-state index >= 15 is 0 Å². The Morgan fingerprint density at radius 2 is 1.79 bits per heavy atom. The number of aliphatic hydroxyl groups is 1. The Kier molecular flexibility index (Phi) is 5.69. The number of nitrogens with zero attached hydrogens (tertiary/aromatic N) is 1. The van der Waals surface area contributed by atoms with Gasteiger partial charge in [-0.05, 0) is 42.0 Å². The highest BCUT2D eigenvalue weighted by Crippen LogP contribution is 2.46. The number of hydrogen-bond acceptors (Lipinski definition) is 3. The fourth-order valence-electron chi connectivity index (χ4n) is 5.26. The van der Waals surface area contributed by atoms with Gasteiger partial charge in [0.05, 0.1) is 26.7 Å². The van der Waals surface area contributed by atoms with Crippen molar-refractivity contribution in [3.8, 4) is 5.75 Å². The topological polar surface area (TPSA) is 46.5 Å². The minimum absolute atomic E-state index is 0.172. The summed E-state index contributed by atoms with van der Waals surface area (Å²) >= 11 is 6.04. The zero-order valence-corrected chi connectivity index (χ0v) is 17.7. The molecular formula is C24H29ClNO3+. The second kappa shape index (κ2) is 8.10. The molecule has 1 atom stereocenters. The van der Waals surface area contributed by atoms with Gasteiger partial charge in [0.25, 0.3) is 0 Å². The van der Waals surface area contributed by atoms with Crippen LogP contribution >= 0.6 is 11.6 Å². The van der Waals surface area contributed by atoms with Crippen molar-refractivity contribution in [2.75, 3.05) is 33.3 Å². The maximum absolute atomic E-state index is 12.6. The van der Waals surface area contributed by atoms with Gasteiger partial charge in [-0.15, -0.1) is 0 Å². The molecule has 154 valence electrons. The third-order valence-electron chi connectivity index (χ3n) is 6.95. The number of benzene rings is 2. The Balaban J connectivity index is 1.40. The Morgan fingerprint density at radius 3 is 2.41 bits per heavy atom. The number of hydrogen-bond donors (Lipinski definition) is 1. The molecule has 3 saturated heterocycles. The van der Waals surface area contributed by atoms with E-state index in [0.29, 0.717) is 17.4 Å². The highest BCUT2D eigenvalue weighted by Gasteiger charge is 2.54. The fraction of sp³-hybridized carbons (Fsp3) is 0.458. The van der Waals surface area contributed by atoms with Crippen LogP contribution in [-0.4, -0.2) is 48.7 Å². The third kappa shape index (κ3) is 4.07. The Labute approximate surface area is 177 Å². The lowest BCUT2D eigenvalue weighted by molar-refractivity contribution is -0.952. The molecule has 3 heterocycles. The summed E-state index contributed by atoms with van der Waals surface area (Å²) in [5.41, 5.74) is 0.921. The molecule has 3 fully saturated rings. The molecule has 0 radical (unpaired) electrons. The van der Waals surface area contributed by atoms with Crippen molar-refractivity contribution in [1.82, 2.24) is 0 Å². The quantitative estimate of drug-likeness (QED) is 0.538. The van der Waals surface area contributed by atoms with Crippen molar-refractivity contribution in [2.24, 2.45) is 5.92 Å². The van der Waals surface area contributed by atoms with Crippen LogP contribution in [-0.2, 0) is 5.60 Å². The number of carbonyl (C=O) groups excluding carboxylic acids is 1. The monoisotopic (exact) mass is 414 g/mol. The molecule has 0 aliphatic carbocycles. The van der Waals surface area contributed by atoms with Crippen molar-refractivity contribution < 1.29 is 19.1 Å². The summed E-state index contributed by atoms with van der Waals surface area (Å²) in [6, 6.07) is 15.0. The number of quaternary nitrogens is 1. The van der Waals surface area contributed by atoms with Gasteiger partial charge in [-0.25, -0.2) is 0 Å². The van der Waals surface area contributed by atoms with Crippen LogP contribution in [0, 0.1) is 5.92 Å². The van der Waals surface area contributed by atoms with Gasteiger partial charge in [-0.3, -0.25) is 4.79 Å². The van der Waals surface area contributed by atoms with Crippen LogP contribution in [0.25, 0.3) is 0 Å². The molecule has 4 nitrogen and oxygen atoms in total. The molecule has 5 heteroatoms. The van der Waals surface area contributed by atoms with Crippen LogP contribution < -0.4 is 4.74 Å². The highest BCUT2D eigenvalue weighted by atomic mass is 35.5. The van der Waals surface area contributed by atoms with Crippen LogP contribution in [0.4, 0.5) is 0 Å². The number of ether oxygens (including phenoxy) is 1. The minimum Gasteiger partial charge on any atom is -0.497 e. The zero-order chi connectivity index (χ0) is 20.5. The number of halogens is 1. The van der Waals surface area contributed by atoms with Crippen molar-refractivity contribution in [3.05, 3.63) is 64.7 Å². The molecule has 3 aliphatic rings. The average Bonchev–Trinajstić information content (AvgIpc) is 2.74. The van der Waals surface area contributed by atoms with Crippen molar-refractivity contribution in [2.45, 2.75) is 31.3 Å². The SMILES string of the molecule is COc1ccc(C(=O)CCC[N+]23CCC(CC2)C(O)(c2ccc(Cl)cc2)C3)cc1. The van der Waals surface area contributed by atoms with Crippen LogP contribution in [0.15, 0.2) is 48.5 Å². The first-order chi connectivity index (χ1) is 13.9. The maximum Gasteiger partial charge on any atom is 0.163 e. The normalized spacial score (nSPS) is 28.3. The maximum atomic E-state index is 12.6. The van der Waals surface area contributed by atoms with E-state index < -0.39 is 5.60 Å². The summed E-state index contributed by atoms with van der Waals surface area (Å²) < 4.78 is 6.07. The average molecular weight is 415 g/mol. The Hall–Kier alpha value is -1.88. The number of methoxy groups -OCH3 is 1. The fourth-order valence-corrected chi connectivity index (χ4v) is 5.38. The van der Waals surface area contributed by atoms with E-state index in [0.717, 1.165) is 66.8 Å². The van der Waals surface area contributed by atoms with E-state index in [1.165, 1.54) is 0 Å². The lowest BCUT2D eigenvalue weighted by Crippen LogP contribution is -2.67. The number of ketones is 1. The molecule has 3 aliphatic heterocycles. The molecule has 2 aromatic rings. The Morgan fingerprint density at radius 1 is 1.14 bits per heavy atom. The number of Topliss-reactive ketones (excluding diaryl/α,β-unsaturated/α-hetero) is 1. The lowest BCUT2D eigenvalue weighted by atomic mass is 9.70. The number of rotatable bonds is 7. The largest absolute Gasteiger partial charge is 0.497 e. The molecule has 0 amide bonds.